The van der Waals surface area contributed by atoms with Gasteiger partial charge < -0.3 is 4.90 Å². The van der Waals surface area contributed by atoms with E-state index >= 15 is 0 Å². The third-order valence-corrected chi connectivity index (χ3v) is 5.41. The molecular formula is C15H15ClN2O3S2. The fraction of sp³-hybridized carbons (Fsp3) is 0.133. The van der Waals surface area contributed by atoms with Crippen molar-refractivity contribution in [2.24, 2.45) is 0 Å². The average molecular weight is 371 g/mol. The van der Waals surface area contributed by atoms with Gasteiger partial charge in [-0.25, -0.2) is 8.42 Å². The summed E-state index contributed by atoms with van der Waals surface area (Å²) in [7, 11) is -0.429. The van der Waals surface area contributed by atoms with E-state index in [9.17, 15) is 13.2 Å². The van der Waals surface area contributed by atoms with Gasteiger partial charge in [0, 0.05) is 29.7 Å². The van der Waals surface area contributed by atoms with Crippen LogP contribution in [-0.4, -0.2) is 32.7 Å². The second kappa shape index (κ2) is 7.25. The minimum atomic E-state index is -3.74. The first-order valence-electron chi connectivity index (χ1n) is 6.55. The number of hydrogen-bond donors (Lipinski definition) is 1. The number of hydrogen-bond acceptors (Lipinski definition) is 4. The zero-order valence-electron chi connectivity index (χ0n) is 12.5. The highest BCUT2D eigenvalue weighted by molar-refractivity contribution is 8.13. The Hall–Kier alpha value is -1.70. The van der Waals surface area contributed by atoms with Gasteiger partial charge in [-0.3, -0.25) is 9.52 Å². The molecule has 2 aromatic rings. The minimum Gasteiger partial charge on any atom is -0.339 e. The number of thioether (sulfide) groups is 1. The van der Waals surface area contributed by atoms with Crippen LogP contribution < -0.4 is 4.72 Å². The molecule has 0 atom stereocenters. The molecule has 0 fully saturated rings. The van der Waals surface area contributed by atoms with Crippen LogP contribution in [0.25, 0.3) is 0 Å². The third kappa shape index (κ3) is 4.89. The van der Waals surface area contributed by atoms with Gasteiger partial charge in [0.15, 0.2) is 0 Å². The van der Waals surface area contributed by atoms with Gasteiger partial charge in [0.1, 0.15) is 0 Å². The smallest absolute Gasteiger partial charge is 0.285 e. The summed E-state index contributed by atoms with van der Waals surface area (Å²) in [5, 5.41) is 0.202. The molecule has 8 heteroatoms. The quantitative estimate of drug-likeness (QED) is 0.828. The van der Waals surface area contributed by atoms with E-state index in [2.05, 4.69) is 4.72 Å². The molecule has 23 heavy (non-hydrogen) atoms. The van der Waals surface area contributed by atoms with E-state index in [1.54, 1.807) is 50.5 Å². The van der Waals surface area contributed by atoms with Crippen LogP contribution in [0, 0.1) is 0 Å². The molecule has 0 spiro atoms. The lowest BCUT2D eigenvalue weighted by molar-refractivity contribution is 0.241. The minimum absolute atomic E-state index is 0.0763. The largest absolute Gasteiger partial charge is 0.339 e. The van der Waals surface area contributed by atoms with E-state index in [1.165, 1.54) is 17.0 Å². The van der Waals surface area contributed by atoms with E-state index in [0.717, 1.165) is 11.8 Å². The number of benzene rings is 2. The monoisotopic (exact) mass is 370 g/mol. The summed E-state index contributed by atoms with van der Waals surface area (Å²) in [6, 6.07) is 12.6. The molecule has 0 unspecified atom stereocenters. The second-order valence-corrected chi connectivity index (χ2v) is 8.00. The number of rotatable bonds is 4. The van der Waals surface area contributed by atoms with Gasteiger partial charge >= 0.3 is 0 Å². The molecule has 2 aromatic carbocycles. The first-order valence-corrected chi connectivity index (χ1v) is 9.23. The lowest BCUT2D eigenvalue weighted by Gasteiger charge is -2.11. The van der Waals surface area contributed by atoms with Crippen LogP contribution in [0.4, 0.5) is 10.5 Å². The predicted molar refractivity (Wildman–Crippen MR) is 93.6 cm³/mol. The van der Waals surface area contributed by atoms with Gasteiger partial charge in [0.05, 0.1) is 4.90 Å². The topological polar surface area (TPSA) is 66.5 Å². The lowest BCUT2D eigenvalue weighted by Crippen LogP contribution is -2.16. The SMILES string of the molecule is CN(C)C(=O)Sc1cccc(NS(=O)(=O)c2cccc(Cl)c2)c1. The summed E-state index contributed by atoms with van der Waals surface area (Å²) in [4.78, 5) is 13.9. The van der Waals surface area contributed by atoms with Gasteiger partial charge in [-0.2, -0.15) is 0 Å². The van der Waals surface area contributed by atoms with Crippen molar-refractivity contribution < 1.29 is 13.2 Å². The molecule has 0 aliphatic rings. The van der Waals surface area contributed by atoms with Crippen molar-refractivity contribution in [3.05, 3.63) is 53.6 Å². The van der Waals surface area contributed by atoms with Crippen molar-refractivity contribution in [1.82, 2.24) is 4.90 Å². The molecule has 1 N–H and O–H groups in total. The number of amides is 1. The lowest BCUT2D eigenvalue weighted by atomic mass is 10.3. The van der Waals surface area contributed by atoms with Gasteiger partial charge in [-0.1, -0.05) is 23.7 Å². The van der Waals surface area contributed by atoms with Crippen molar-refractivity contribution in [2.75, 3.05) is 18.8 Å². The Bertz CT molecular complexity index is 823. The second-order valence-electron chi connectivity index (χ2n) is 4.85. The molecular weight excluding hydrogens is 356 g/mol. The van der Waals surface area contributed by atoms with Crippen LogP contribution >= 0.6 is 23.4 Å². The zero-order valence-corrected chi connectivity index (χ0v) is 14.9. The van der Waals surface area contributed by atoms with Crippen molar-refractivity contribution >= 4 is 44.3 Å². The number of carbonyl (C=O) groups is 1. The Kier molecular flexibility index (Phi) is 5.56. The third-order valence-electron chi connectivity index (χ3n) is 2.76. The van der Waals surface area contributed by atoms with E-state index in [4.69, 9.17) is 11.6 Å². The molecule has 1 amide bonds. The highest BCUT2D eigenvalue weighted by atomic mass is 35.5. The molecule has 0 aliphatic carbocycles. The Labute approximate surface area is 144 Å². The Morgan fingerprint density at radius 3 is 2.48 bits per heavy atom. The highest BCUT2D eigenvalue weighted by Crippen LogP contribution is 2.25. The summed E-state index contributed by atoms with van der Waals surface area (Å²) >= 11 is 6.85. The van der Waals surface area contributed by atoms with Crippen molar-refractivity contribution in [3.8, 4) is 0 Å². The fourth-order valence-corrected chi connectivity index (χ4v) is 3.73. The Morgan fingerprint density at radius 1 is 1.13 bits per heavy atom. The summed E-state index contributed by atoms with van der Waals surface area (Å²) in [5.41, 5.74) is 0.376. The standard InChI is InChI=1S/C15H15ClN2O3S2/c1-18(2)15(19)22-13-7-4-6-12(10-13)17-23(20,21)14-8-3-5-11(16)9-14/h3-10,17H,1-2H3. The summed E-state index contributed by atoms with van der Waals surface area (Å²) in [6.45, 7) is 0. The number of anilines is 1. The maximum Gasteiger partial charge on any atom is 0.285 e. The maximum atomic E-state index is 12.3. The highest BCUT2D eigenvalue weighted by Gasteiger charge is 2.15. The van der Waals surface area contributed by atoms with Crippen molar-refractivity contribution in [3.63, 3.8) is 0 Å². The van der Waals surface area contributed by atoms with Crippen molar-refractivity contribution in [1.29, 1.82) is 0 Å². The number of nitrogens with one attached hydrogen (secondary N) is 1. The summed E-state index contributed by atoms with van der Waals surface area (Å²) in [6.07, 6.45) is 0. The van der Waals surface area contributed by atoms with Gasteiger partial charge in [0.25, 0.3) is 15.3 Å². The van der Waals surface area contributed by atoms with E-state index in [1.807, 2.05) is 0 Å². The number of nitrogens with zero attached hydrogens (tertiary/aromatic N) is 1. The molecule has 0 saturated carbocycles. The first-order chi connectivity index (χ1) is 10.8. The maximum absolute atomic E-state index is 12.3. The molecule has 0 aromatic heterocycles. The first kappa shape index (κ1) is 17.7. The molecule has 0 radical (unpaired) electrons. The van der Waals surface area contributed by atoms with Gasteiger partial charge in [0.2, 0.25) is 0 Å². The van der Waals surface area contributed by atoms with Crippen LogP contribution in [0.5, 0.6) is 0 Å². The molecule has 122 valence electrons. The summed E-state index contributed by atoms with van der Waals surface area (Å²) < 4.78 is 27.2. The number of sulfonamides is 1. The molecule has 0 saturated heterocycles. The Morgan fingerprint density at radius 2 is 1.83 bits per heavy atom. The molecule has 0 heterocycles. The Balaban J connectivity index is 2.21. The van der Waals surface area contributed by atoms with Crippen LogP contribution in [0.15, 0.2) is 58.3 Å². The number of carbonyl (C=O) groups excluding carboxylic acids is 1. The van der Waals surface area contributed by atoms with Gasteiger partial charge in [-0.05, 0) is 48.2 Å². The molecule has 0 bridgehead atoms. The normalized spacial score (nSPS) is 11.1. The van der Waals surface area contributed by atoms with Gasteiger partial charge in [-0.15, -0.1) is 0 Å². The van der Waals surface area contributed by atoms with E-state index in [-0.39, 0.29) is 10.1 Å². The predicted octanol–water partition coefficient (Wildman–Crippen LogP) is 3.91. The van der Waals surface area contributed by atoms with Crippen LogP contribution in [-0.2, 0) is 10.0 Å². The summed E-state index contributed by atoms with van der Waals surface area (Å²) in [5.74, 6) is 0. The fourth-order valence-electron chi connectivity index (χ4n) is 1.66. The zero-order chi connectivity index (χ0) is 17.0. The van der Waals surface area contributed by atoms with Crippen LogP contribution in [0.2, 0.25) is 5.02 Å². The average Bonchev–Trinajstić information content (AvgIpc) is 2.47. The number of halogens is 1. The van der Waals surface area contributed by atoms with E-state index in [0.29, 0.717) is 15.6 Å². The molecule has 0 aliphatic heterocycles. The molecule has 2 rings (SSSR count). The van der Waals surface area contributed by atoms with Crippen LogP contribution in [0.1, 0.15) is 0 Å². The van der Waals surface area contributed by atoms with Crippen molar-refractivity contribution in [2.45, 2.75) is 9.79 Å². The van der Waals surface area contributed by atoms with E-state index < -0.39 is 10.0 Å². The van der Waals surface area contributed by atoms with Crippen LogP contribution in [0.3, 0.4) is 0 Å². The molecule has 5 nitrogen and oxygen atoms in total.